The maximum absolute atomic E-state index is 13.2. The summed E-state index contributed by atoms with van der Waals surface area (Å²) in [5.74, 6) is -0.379. The monoisotopic (exact) mass is 1260 g/mol. The molecule has 85 heavy (non-hydrogen) atoms. The summed E-state index contributed by atoms with van der Waals surface area (Å²) >= 11 is 0. The molecule has 11 heteroatoms. The summed E-state index contributed by atoms with van der Waals surface area (Å²) in [4.78, 5) is 47.9. The SMILES string of the molecule is CC(=O)N(C)C.CC(=O)c1c(-c2ccccc2)cccc1-c1ccccc1.CC(C)(C)/C([O-])=C/C(=O)c1c(-c2ccccc2)cccc1-c1ccccc1.CCOC(=O)C(C)(C)C.[Br-].[H-].[K+].[K+].[Mg+2].[c-]1c(-c2ccccc2)cccc1-c1ccccc1. The Bertz CT molecular complexity index is 3300. The molecule has 0 saturated heterocycles. The van der Waals surface area contributed by atoms with Crippen LogP contribution in [0.2, 0.25) is 0 Å². The Balaban J connectivity index is 0.00000111. The molecule has 7 nitrogen and oxygen atoms in total. The van der Waals surface area contributed by atoms with Gasteiger partial charge in [0.05, 0.1) is 12.0 Å². The molecule has 9 aromatic rings. The number of ketones is 2. The van der Waals surface area contributed by atoms with Gasteiger partial charge in [0.1, 0.15) is 0 Å². The zero-order valence-electron chi connectivity index (χ0n) is 52.8. The van der Waals surface area contributed by atoms with Gasteiger partial charge in [-0.1, -0.05) is 250 Å². The molecule has 0 bridgehead atoms. The maximum atomic E-state index is 13.2. The van der Waals surface area contributed by atoms with Crippen LogP contribution in [-0.2, 0) is 14.3 Å². The first-order valence-electron chi connectivity index (χ1n) is 27.1. The van der Waals surface area contributed by atoms with Crippen LogP contribution in [0.15, 0.2) is 248 Å². The van der Waals surface area contributed by atoms with Crippen molar-refractivity contribution in [2.24, 2.45) is 10.8 Å². The number of esters is 1. The van der Waals surface area contributed by atoms with E-state index < -0.39 is 5.41 Å². The van der Waals surface area contributed by atoms with Crippen LogP contribution in [0.4, 0.5) is 0 Å². The summed E-state index contributed by atoms with van der Waals surface area (Å²) in [5.41, 5.74) is 12.8. The topological polar surface area (TPSA) is 104 Å². The Hall–Kier alpha value is -4.68. The van der Waals surface area contributed by atoms with E-state index in [0.717, 1.165) is 61.2 Å². The first-order valence-corrected chi connectivity index (χ1v) is 27.1. The van der Waals surface area contributed by atoms with E-state index in [1.807, 2.05) is 218 Å². The molecule has 9 rings (SSSR count). The van der Waals surface area contributed by atoms with E-state index in [9.17, 15) is 24.3 Å². The number of hydrogen-bond acceptors (Lipinski definition) is 6. The molecule has 0 aliphatic heterocycles. The standard InChI is InChI=1S/C25H24O2.C20H16O.C18H13.C7H14O2.C4H9NO.BrH.2K.Mg.H/c1-25(2,3)23(27)17-22(26)24-20(18-11-6-4-7-12-18)15-10-16-21(24)19-13-8-5-9-14-19;1-15(21)20-18(16-9-4-2-5-10-16)13-8-14-19(20)17-11-6-3-7-12-17;1-3-8-15(9-4-1)17-12-7-13-18(14-17)16-10-5-2-6-11-16;1-5-9-6(8)7(2,3)4;1-4(6)5(2)3;;;;;/h4-17,27H,1-3H3;2-14H,1H3;1-13H;5H2,1-4H3;1-3H3;1H;;;;/q;;-1;;;;2*+1;+2;-1/p-2/b23-17-;;;;;;;;;. The Morgan fingerprint density at radius 3 is 0.965 bits per heavy atom. The Kier molecular flexibility index (Phi) is 36.8. The molecular weight excluding hydrogens is 1180 g/mol. The molecule has 0 unspecified atom stereocenters. The third-order valence-electron chi connectivity index (χ3n) is 12.6. The van der Waals surface area contributed by atoms with Crippen molar-refractivity contribution in [1.82, 2.24) is 4.90 Å². The molecular formula is C74H76BrK2MgNO6. The number of carbonyl (C=O) groups excluding carboxylic acids is 4. The number of halogens is 1. The molecule has 0 N–H and O–H groups in total. The van der Waals surface area contributed by atoms with Gasteiger partial charge in [0.25, 0.3) is 0 Å². The van der Waals surface area contributed by atoms with Crippen LogP contribution in [0, 0.1) is 16.9 Å². The largest absolute Gasteiger partial charge is 2.00 e. The third-order valence-corrected chi connectivity index (χ3v) is 12.6. The quantitative estimate of drug-likeness (QED) is 0.0344. The summed E-state index contributed by atoms with van der Waals surface area (Å²) in [6, 6.07) is 82.0. The normalized spacial score (nSPS) is 10.3. The molecule has 0 radical (unpaired) electrons. The van der Waals surface area contributed by atoms with E-state index in [2.05, 4.69) is 72.8 Å². The fourth-order valence-electron chi connectivity index (χ4n) is 7.98. The van der Waals surface area contributed by atoms with Crippen molar-refractivity contribution >= 4 is 46.5 Å². The van der Waals surface area contributed by atoms with Gasteiger partial charge in [0.15, 0.2) is 11.6 Å². The fourth-order valence-corrected chi connectivity index (χ4v) is 7.98. The zero-order valence-corrected chi connectivity index (χ0v) is 61.0. The van der Waals surface area contributed by atoms with Gasteiger partial charge in [-0.25, -0.2) is 0 Å². The molecule has 0 aromatic heterocycles. The van der Waals surface area contributed by atoms with Crippen LogP contribution in [0.5, 0.6) is 0 Å². The Labute approximate surface area is 619 Å². The summed E-state index contributed by atoms with van der Waals surface area (Å²) < 4.78 is 4.77. The molecule has 424 valence electrons. The number of hydrogen-bond donors (Lipinski definition) is 0. The van der Waals surface area contributed by atoms with E-state index in [1.165, 1.54) is 29.0 Å². The van der Waals surface area contributed by atoms with E-state index in [0.29, 0.717) is 12.2 Å². The average molecular weight is 1260 g/mol. The van der Waals surface area contributed by atoms with Crippen LogP contribution < -0.4 is 125 Å². The molecule has 0 heterocycles. The molecule has 0 atom stereocenters. The number of nitrogens with zero attached hydrogens (tertiary/aromatic N) is 1. The van der Waals surface area contributed by atoms with Gasteiger partial charge >= 0.3 is 132 Å². The molecule has 0 saturated carbocycles. The minimum atomic E-state index is -0.593. The minimum Gasteiger partial charge on any atom is -1.00 e. The van der Waals surface area contributed by atoms with Crippen molar-refractivity contribution in [3.8, 4) is 66.8 Å². The smallest absolute Gasteiger partial charge is 1.00 e. The van der Waals surface area contributed by atoms with Crippen LogP contribution in [0.1, 0.15) is 84.5 Å². The number of allylic oxidation sites excluding steroid dienone is 2. The van der Waals surface area contributed by atoms with E-state index in [1.54, 1.807) is 21.0 Å². The van der Waals surface area contributed by atoms with Crippen molar-refractivity contribution in [1.29, 1.82) is 0 Å². The number of Topliss-reactive ketones (excluding diaryl/α,β-unsaturated/α-hetero) is 1. The average Bonchev–Trinajstić information content (AvgIpc) is 2.12. The molecule has 0 aliphatic carbocycles. The van der Waals surface area contributed by atoms with Gasteiger partial charge in [-0.3, -0.25) is 19.2 Å². The number of amides is 1. The number of benzene rings is 9. The Morgan fingerprint density at radius 1 is 0.459 bits per heavy atom. The second-order valence-corrected chi connectivity index (χ2v) is 21.2. The first kappa shape index (κ1) is 78.3. The van der Waals surface area contributed by atoms with E-state index in [-0.39, 0.29) is 179 Å². The van der Waals surface area contributed by atoms with E-state index in [4.69, 9.17) is 4.74 Å². The van der Waals surface area contributed by atoms with Gasteiger partial charge in [-0.15, -0.1) is 41.2 Å². The van der Waals surface area contributed by atoms with Crippen LogP contribution in [-0.4, -0.2) is 72.1 Å². The zero-order chi connectivity index (χ0) is 59.0. The van der Waals surface area contributed by atoms with Gasteiger partial charge in [-0.05, 0) is 90.6 Å². The maximum Gasteiger partial charge on any atom is 2.00 e. The van der Waals surface area contributed by atoms with Gasteiger partial charge in [0, 0.05) is 32.1 Å². The number of carbonyl (C=O) groups is 4. The molecule has 9 aromatic carbocycles. The fraction of sp³-hybridized carbons (Fsp3) is 0.189. The first-order chi connectivity index (χ1) is 38.7. The molecule has 0 spiro atoms. The molecule has 1 amide bonds. The summed E-state index contributed by atoms with van der Waals surface area (Å²) in [7, 11) is 3.45. The van der Waals surface area contributed by atoms with Crippen molar-refractivity contribution < 1.29 is 150 Å². The predicted molar refractivity (Wildman–Crippen MR) is 340 cm³/mol. The van der Waals surface area contributed by atoms with Gasteiger partial charge in [0.2, 0.25) is 5.91 Å². The van der Waals surface area contributed by atoms with Crippen molar-refractivity contribution in [2.75, 3.05) is 20.7 Å². The summed E-state index contributed by atoms with van der Waals surface area (Å²) in [5, 5.41) is 12.5. The number of ether oxygens (including phenoxy) is 1. The van der Waals surface area contributed by atoms with Gasteiger partial charge < -0.3 is 33.2 Å². The third kappa shape index (κ3) is 25.5. The van der Waals surface area contributed by atoms with E-state index >= 15 is 0 Å². The predicted octanol–water partition coefficient (Wildman–Crippen LogP) is 7.97. The van der Waals surface area contributed by atoms with Gasteiger partial charge in [-0.2, -0.15) is 0 Å². The minimum absolute atomic E-state index is 0. The second kappa shape index (κ2) is 40.0. The van der Waals surface area contributed by atoms with Crippen molar-refractivity contribution in [3.63, 3.8) is 0 Å². The summed E-state index contributed by atoms with van der Waals surface area (Å²) in [6.45, 7) is 16.4. The van der Waals surface area contributed by atoms with Crippen LogP contribution in [0.3, 0.4) is 0 Å². The van der Waals surface area contributed by atoms with Crippen LogP contribution >= 0.6 is 0 Å². The molecule has 0 fully saturated rings. The number of rotatable bonds is 10. The molecule has 0 aliphatic rings. The second-order valence-electron chi connectivity index (χ2n) is 21.2. The Morgan fingerprint density at radius 2 is 0.729 bits per heavy atom. The summed E-state index contributed by atoms with van der Waals surface area (Å²) in [6.07, 6.45) is 1.24. The van der Waals surface area contributed by atoms with Crippen molar-refractivity contribution in [2.45, 2.75) is 62.3 Å². The van der Waals surface area contributed by atoms with Crippen molar-refractivity contribution in [3.05, 3.63) is 266 Å². The van der Waals surface area contributed by atoms with Crippen LogP contribution in [0.25, 0.3) is 66.8 Å².